The molecule has 1 aromatic rings. The van der Waals surface area contributed by atoms with Crippen molar-refractivity contribution >= 4 is 17.5 Å². The van der Waals surface area contributed by atoms with Crippen molar-refractivity contribution in [1.29, 1.82) is 0 Å². The molecule has 0 radical (unpaired) electrons. The molecule has 0 N–H and O–H groups in total. The molecule has 0 aliphatic carbocycles. The molecular formula is C14H14FNO3. The average molecular weight is 263 g/mol. The third-order valence-electron chi connectivity index (χ3n) is 3.68. The third-order valence-corrected chi connectivity index (χ3v) is 3.68. The summed E-state index contributed by atoms with van der Waals surface area (Å²) >= 11 is 0. The molecule has 0 spiro atoms. The molecule has 3 rings (SSSR count). The normalized spacial score (nSPS) is 27.3. The highest BCUT2D eigenvalue weighted by atomic mass is 19.1. The summed E-state index contributed by atoms with van der Waals surface area (Å²) in [6, 6.07) is 5.39. The first-order valence-corrected chi connectivity index (χ1v) is 6.41. The topological polar surface area (TPSA) is 46.6 Å². The fourth-order valence-corrected chi connectivity index (χ4v) is 2.73. The van der Waals surface area contributed by atoms with Gasteiger partial charge in [0.2, 0.25) is 11.8 Å². The molecule has 2 fully saturated rings. The second kappa shape index (κ2) is 4.74. The Morgan fingerprint density at radius 1 is 1.21 bits per heavy atom. The first-order valence-electron chi connectivity index (χ1n) is 6.41. The second-order valence-corrected chi connectivity index (χ2v) is 4.91. The predicted octanol–water partition coefficient (Wildman–Crippen LogP) is 1.88. The number of imide groups is 1. The number of amides is 2. The van der Waals surface area contributed by atoms with Crippen LogP contribution in [0.2, 0.25) is 0 Å². The van der Waals surface area contributed by atoms with E-state index in [-0.39, 0.29) is 30.3 Å². The van der Waals surface area contributed by atoms with Crippen LogP contribution >= 0.6 is 0 Å². The Morgan fingerprint density at radius 3 is 2.58 bits per heavy atom. The molecule has 2 aliphatic heterocycles. The first-order chi connectivity index (χ1) is 9.16. The maximum atomic E-state index is 12.9. The number of carbonyl (C=O) groups is 2. The fourth-order valence-electron chi connectivity index (χ4n) is 2.73. The highest BCUT2D eigenvalue weighted by Crippen LogP contribution is 2.33. The van der Waals surface area contributed by atoms with E-state index >= 15 is 0 Å². The number of hydrogen-bond donors (Lipinski definition) is 0. The van der Waals surface area contributed by atoms with Crippen LogP contribution in [0.15, 0.2) is 24.3 Å². The lowest BCUT2D eigenvalue weighted by molar-refractivity contribution is -0.124. The molecule has 2 atom stereocenters. The zero-order valence-corrected chi connectivity index (χ0v) is 10.3. The molecule has 4 nitrogen and oxygen atoms in total. The zero-order valence-electron chi connectivity index (χ0n) is 10.3. The molecule has 0 aromatic heterocycles. The van der Waals surface area contributed by atoms with Gasteiger partial charge in [0.1, 0.15) is 5.82 Å². The largest absolute Gasteiger partial charge is 0.377 e. The van der Waals surface area contributed by atoms with E-state index in [0.29, 0.717) is 12.3 Å². The van der Waals surface area contributed by atoms with Crippen LogP contribution in [-0.4, -0.2) is 24.5 Å². The Morgan fingerprint density at radius 2 is 1.95 bits per heavy atom. The maximum Gasteiger partial charge on any atom is 0.240 e. The van der Waals surface area contributed by atoms with Gasteiger partial charge in [-0.25, -0.2) is 4.39 Å². The van der Waals surface area contributed by atoms with Crippen molar-refractivity contribution < 1.29 is 18.7 Å². The van der Waals surface area contributed by atoms with E-state index in [4.69, 9.17) is 4.74 Å². The first kappa shape index (κ1) is 12.3. The van der Waals surface area contributed by atoms with Gasteiger partial charge in [-0.1, -0.05) is 0 Å². The van der Waals surface area contributed by atoms with Crippen LogP contribution in [0.5, 0.6) is 0 Å². The van der Waals surface area contributed by atoms with Crippen LogP contribution < -0.4 is 4.90 Å². The molecule has 2 saturated heterocycles. The number of rotatable bonds is 2. The predicted molar refractivity (Wildman–Crippen MR) is 66.0 cm³/mol. The van der Waals surface area contributed by atoms with Crippen molar-refractivity contribution in [1.82, 2.24) is 0 Å². The van der Waals surface area contributed by atoms with Gasteiger partial charge in [-0.05, 0) is 37.1 Å². The number of ether oxygens (including phenoxy) is 1. The number of halogens is 1. The summed E-state index contributed by atoms with van der Waals surface area (Å²) in [5.74, 6) is -1.25. The SMILES string of the molecule is O=C1CC(C2CCCO2)C(=O)N1c1ccc(F)cc1. The number of hydrogen-bond acceptors (Lipinski definition) is 3. The van der Waals surface area contributed by atoms with Crippen molar-refractivity contribution in [2.24, 2.45) is 5.92 Å². The molecule has 0 bridgehead atoms. The third kappa shape index (κ3) is 2.14. The minimum Gasteiger partial charge on any atom is -0.377 e. The van der Waals surface area contributed by atoms with E-state index in [0.717, 1.165) is 17.7 Å². The van der Waals surface area contributed by atoms with Gasteiger partial charge in [0.05, 0.1) is 17.7 Å². The Bertz CT molecular complexity index is 508. The van der Waals surface area contributed by atoms with E-state index in [2.05, 4.69) is 0 Å². The van der Waals surface area contributed by atoms with Gasteiger partial charge in [-0.3, -0.25) is 14.5 Å². The highest BCUT2D eigenvalue weighted by molar-refractivity contribution is 6.21. The maximum absolute atomic E-state index is 12.9. The molecule has 2 heterocycles. The molecular weight excluding hydrogens is 249 g/mol. The smallest absolute Gasteiger partial charge is 0.240 e. The van der Waals surface area contributed by atoms with E-state index < -0.39 is 5.82 Å². The minimum atomic E-state index is -0.390. The van der Waals surface area contributed by atoms with Crippen LogP contribution in [0, 0.1) is 11.7 Å². The molecule has 5 heteroatoms. The second-order valence-electron chi connectivity index (χ2n) is 4.91. The average Bonchev–Trinajstić information content (AvgIpc) is 3.00. The molecule has 1 aromatic carbocycles. The Hall–Kier alpha value is -1.75. The Labute approximate surface area is 110 Å². The van der Waals surface area contributed by atoms with Crippen LogP contribution in [0.1, 0.15) is 19.3 Å². The number of anilines is 1. The van der Waals surface area contributed by atoms with Gasteiger partial charge >= 0.3 is 0 Å². The van der Waals surface area contributed by atoms with Gasteiger partial charge in [0.15, 0.2) is 0 Å². The van der Waals surface area contributed by atoms with Crippen molar-refractivity contribution in [3.8, 4) is 0 Å². The van der Waals surface area contributed by atoms with Crippen LogP contribution in [0.25, 0.3) is 0 Å². The van der Waals surface area contributed by atoms with Crippen LogP contribution in [0.4, 0.5) is 10.1 Å². The van der Waals surface area contributed by atoms with Gasteiger partial charge in [0.25, 0.3) is 0 Å². The van der Waals surface area contributed by atoms with Crippen molar-refractivity contribution in [3.63, 3.8) is 0 Å². The molecule has 2 unspecified atom stereocenters. The summed E-state index contributed by atoms with van der Waals surface area (Å²) in [6.45, 7) is 0.652. The van der Waals surface area contributed by atoms with E-state index in [1.54, 1.807) is 0 Å². The van der Waals surface area contributed by atoms with Crippen LogP contribution in [-0.2, 0) is 14.3 Å². The summed E-state index contributed by atoms with van der Waals surface area (Å²) in [5, 5.41) is 0. The van der Waals surface area contributed by atoms with Crippen molar-refractivity contribution in [3.05, 3.63) is 30.1 Å². The monoisotopic (exact) mass is 263 g/mol. The van der Waals surface area contributed by atoms with Gasteiger partial charge < -0.3 is 4.74 Å². The Balaban J connectivity index is 1.84. The summed E-state index contributed by atoms with van der Waals surface area (Å²) in [6.07, 6.45) is 1.78. The molecule has 0 saturated carbocycles. The molecule has 19 heavy (non-hydrogen) atoms. The summed E-state index contributed by atoms with van der Waals surface area (Å²) < 4.78 is 18.4. The molecule has 2 aliphatic rings. The number of carbonyl (C=O) groups excluding carboxylic acids is 2. The summed E-state index contributed by atoms with van der Waals surface area (Å²) in [7, 11) is 0. The number of benzene rings is 1. The summed E-state index contributed by atoms with van der Waals surface area (Å²) in [5.41, 5.74) is 0.428. The molecule has 2 amide bonds. The number of nitrogens with zero attached hydrogens (tertiary/aromatic N) is 1. The van der Waals surface area contributed by atoms with Gasteiger partial charge in [0, 0.05) is 13.0 Å². The van der Waals surface area contributed by atoms with Crippen molar-refractivity contribution in [2.45, 2.75) is 25.4 Å². The Kier molecular flexibility index (Phi) is 3.06. The molecule has 100 valence electrons. The lowest BCUT2D eigenvalue weighted by Crippen LogP contribution is -2.33. The minimum absolute atomic E-state index is 0.151. The quantitative estimate of drug-likeness (QED) is 0.765. The fraction of sp³-hybridized carbons (Fsp3) is 0.429. The van der Waals surface area contributed by atoms with Crippen LogP contribution in [0.3, 0.4) is 0 Å². The zero-order chi connectivity index (χ0) is 13.4. The van der Waals surface area contributed by atoms with Crippen molar-refractivity contribution in [2.75, 3.05) is 11.5 Å². The van der Waals surface area contributed by atoms with E-state index in [9.17, 15) is 14.0 Å². The summed E-state index contributed by atoms with van der Waals surface area (Å²) in [4.78, 5) is 25.5. The van der Waals surface area contributed by atoms with Gasteiger partial charge in [-0.2, -0.15) is 0 Å². The van der Waals surface area contributed by atoms with Gasteiger partial charge in [-0.15, -0.1) is 0 Å². The highest BCUT2D eigenvalue weighted by Gasteiger charge is 2.44. The standard InChI is InChI=1S/C14H14FNO3/c15-9-3-5-10(6-4-9)16-13(17)8-11(14(16)18)12-2-1-7-19-12/h3-6,11-12H,1-2,7-8H2. The van der Waals surface area contributed by atoms with E-state index in [1.165, 1.54) is 24.3 Å². The lowest BCUT2D eigenvalue weighted by Gasteiger charge is -2.17. The lowest BCUT2D eigenvalue weighted by atomic mass is 9.98. The van der Waals surface area contributed by atoms with E-state index in [1.807, 2.05) is 0 Å².